The van der Waals surface area contributed by atoms with E-state index in [1.165, 1.54) is 6.92 Å². The Morgan fingerprint density at radius 2 is 2.00 bits per heavy atom. The van der Waals surface area contributed by atoms with Crippen LogP contribution in [0.4, 0.5) is 0 Å². The molecule has 1 amide bonds. The third-order valence-corrected chi connectivity index (χ3v) is 1.38. The molecule has 0 atom stereocenters. The van der Waals surface area contributed by atoms with Gasteiger partial charge in [0.1, 0.15) is 0 Å². The number of nitrogens with two attached hydrogens (primary N) is 1. The SMILES string of the molecule is CC(CO)(CO)C(=O)NN. The molecule has 0 spiro atoms. The third-order valence-electron chi connectivity index (χ3n) is 1.38. The molecule has 0 aromatic carbocycles. The highest BCUT2D eigenvalue weighted by Crippen LogP contribution is 2.12. The van der Waals surface area contributed by atoms with Crippen LogP contribution in [0.3, 0.4) is 0 Å². The zero-order valence-corrected chi connectivity index (χ0v) is 5.79. The summed E-state index contributed by atoms with van der Waals surface area (Å²) in [6.07, 6.45) is 0. The average Bonchev–Trinajstić information content (AvgIpc) is 2.01. The van der Waals surface area contributed by atoms with Crippen LogP contribution in [0, 0.1) is 5.41 Å². The van der Waals surface area contributed by atoms with Crippen molar-refractivity contribution in [2.75, 3.05) is 13.2 Å². The lowest BCUT2D eigenvalue weighted by Gasteiger charge is -2.21. The van der Waals surface area contributed by atoms with Gasteiger partial charge >= 0.3 is 0 Å². The van der Waals surface area contributed by atoms with Gasteiger partial charge in [0.25, 0.3) is 0 Å². The lowest BCUT2D eigenvalue weighted by atomic mass is 9.92. The van der Waals surface area contributed by atoms with Crippen LogP contribution in [0.2, 0.25) is 0 Å². The number of amides is 1. The fourth-order valence-corrected chi connectivity index (χ4v) is 0.368. The smallest absolute Gasteiger partial charge is 0.244 e. The number of rotatable bonds is 3. The van der Waals surface area contributed by atoms with Gasteiger partial charge in [-0.25, -0.2) is 5.84 Å². The first-order valence-corrected chi connectivity index (χ1v) is 2.83. The molecule has 0 aliphatic carbocycles. The van der Waals surface area contributed by atoms with Crippen LogP contribution in [-0.4, -0.2) is 29.3 Å². The molecule has 10 heavy (non-hydrogen) atoms. The lowest BCUT2D eigenvalue weighted by Crippen LogP contribution is -2.46. The Morgan fingerprint density at radius 1 is 1.60 bits per heavy atom. The van der Waals surface area contributed by atoms with Gasteiger partial charge in [-0.3, -0.25) is 10.2 Å². The molecule has 5 heteroatoms. The first-order chi connectivity index (χ1) is 4.60. The van der Waals surface area contributed by atoms with E-state index in [-0.39, 0.29) is 0 Å². The largest absolute Gasteiger partial charge is 0.395 e. The molecule has 0 radical (unpaired) electrons. The Morgan fingerprint density at radius 3 is 2.10 bits per heavy atom. The van der Waals surface area contributed by atoms with E-state index < -0.39 is 24.5 Å². The Hall–Kier alpha value is -0.650. The topological polar surface area (TPSA) is 95.6 Å². The summed E-state index contributed by atoms with van der Waals surface area (Å²) in [7, 11) is 0. The van der Waals surface area contributed by atoms with Crippen molar-refractivity contribution < 1.29 is 15.0 Å². The molecule has 0 aliphatic heterocycles. The number of hydrogen-bond donors (Lipinski definition) is 4. The molecule has 0 fully saturated rings. The molecule has 0 aromatic rings. The molecular formula is C5H12N2O3. The van der Waals surface area contributed by atoms with Gasteiger partial charge in [-0.05, 0) is 6.92 Å². The normalized spacial score (nSPS) is 11.2. The molecule has 0 saturated heterocycles. The molecule has 0 bridgehead atoms. The van der Waals surface area contributed by atoms with E-state index in [4.69, 9.17) is 16.1 Å². The second-order valence-electron chi connectivity index (χ2n) is 2.35. The quantitative estimate of drug-likeness (QED) is 0.211. The van der Waals surface area contributed by atoms with Gasteiger partial charge in [0.05, 0.1) is 18.6 Å². The van der Waals surface area contributed by atoms with Crippen LogP contribution in [-0.2, 0) is 4.79 Å². The van der Waals surface area contributed by atoms with E-state index >= 15 is 0 Å². The molecule has 0 heterocycles. The van der Waals surface area contributed by atoms with Crippen LogP contribution in [0.15, 0.2) is 0 Å². The summed E-state index contributed by atoms with van der Waals surface area (Å²) in [5.41, 5.74) is 0.677. The minimum Gasteiger partial charge on any atom is -0.395 e. The van der Waals surface area contributed by atoms with E-state index in [0.717, 1.165) is 0 Å². The van der Waals surface area contributed by atoms with Crippen molar-refractivity contribution in [3.8, 4) is 0 Å². The maximum Gasteiger partial charge on any atom is 0.244 e. The highest BCUT2D eigenvalue weighted by atomic mass is 16.3. The summed E-state index contributed by atoms with van der Waals surface area (Å²) in [6, 6.07) is 0. The fraction of sp³-hybridized carbons (Fsp3) is 0.800. The van der Waals surface area contributed by atoms with Crippen LogP contribution < -0.4 is 11.3 Å². The van der Waals surface area contributed by atoms with Crippen LogP contribution in [0.1, 0.15) is 6.92 Å². The van der Waals surface area contributed by atoms with Crippen molar-refractivity contribution in [3.63, 3.8) is 0 Å². The molecule has 5 nitrogen and oxygen atoms in total. The maximum atomic E-state index is 10.7. The lowest BCUT2D eigenvalue weighted by molar-refractivity contribution is -0.134. The van der Waals surface area contributed by atoms with Gasteiger partial charge < -0.3 is 10.2 Å². The minimum atomic E-state index is -1.17. The zero-order valence-electron chi connectivity index (χ0n) is 5.79. The van der Waals surface area contributed by atoms with E-state index in [1.54, 1.807) is 0 Å². The minimum absolute atomic E-state index is 0.424. The maximum absolute atomic E-state index is 10.7. The molecule has 5 N–H and O–H groups in total. The Labute approximate surface area is 58.8 Å². The summed E-state index contributed by atoms with van der Waals surface area (Å²) in [6.45, 7) is 0.564. The predicted molar refractivity (Wildman–Crippen MR) is 34.6 cm³/mol. The van der Waals surface area contributed by atoms with Crippen molar-refractivity contribution in [2.24, 2.45) is 11.3 Å². The Kier molecular flexibility index (Phi) is 3.27. The molecule has 0 unspecified atom stereocenters. The summed E-state index contributed by atoms with van der Waals surface area (Å²) >= 11 is 0. The first kappa shape index (κ1) is 9.35. The number of carbonyl (C=O) groups excluding carboxylic acids is 1. The number of nitrogens with one attached hydrogen (secondary N) is 1. The van der Waals surface area contributed by atoms with Crippen molar-refractivity contribution in [1.82, 2.24) is 5.43 Å². The molecule has 0 saturated carbocycles. The van der Waals surface area contributed by atoms with Crippen molar-refractivity contribution in [3.05, 3.63) is 0 Å². The van der Waals surface area contributed by atoms with Crippen LogP contribution in [0.25, 0.3) is 0 Å². The summed E-state index contributed by atoms with van der Waals surface area (Å²) in [5, 5.41) is 17.2. The molecule has 0 aliphatic rings. The van der Waals surface area contributed by atoms with E-state index in [0.29, 0.717) is 0 Å². The van der Waals surface area contributed by atoms with Gasteiger partial charge in [-0.2, -0.15) is 0 Å². The van der Waals surface area contributed by atoms with E-state index in [1.807, 2.05) is 5.43 Å². The predicted octanol–water partition coefficient (Wildman–Crippen LogP) is -2.03. The number of aliphatic hydroxyl groups excluding tert-OH is 2. The summed E-state index contributed by atoms with van der Waals surface area (Å²) < 4.78 is 0. The highest BCUT2D eigenvalue weighted by molar-refractivity contribution is 5.81. The summed E-state index contributed by atoms with van der Waals surface area (Å²) in [4.78, 5) is 10.7. The van der Waals surface area contributed by atoms with Gasteiger partial charge in [0.15, 0.2) is 0 Å². The Balaban J connectivity index is 4.17. The molecule has 60 valence electrons. The number of carbonyl (C=O) groups is 1. The standard InChI is InChI=1S/C5H12N2O3/c1-5(2-8,3-9)4(10)7-6/h8-9H,2-3,6H2,1H3,(H,7,10). The summed E-state index contributed by atoms with van der Waals surface area (Å²) in [5.74, 6) is 4.22. The molecular weight excluding hydrogens is 136 g/mol. The third kappa shape index (κ3) is 1.66. The van der Waals surface area contributed by atoms with Gasteiger partial charge in [-0.15, -0.1) is 0 Å². The van der Waals surface area contributed by atoms with Gasteiger partial charge in [0, 0.05) is 0 Å². The molecule has 0 rings (SSSR count). The Bertz CT molecular complexity index is 122. The molecule has 0 aromatic heterocycles. The van der Waals surface area contributed by atoms with Gasteiger partial charge in [-0.1, -0.05) is 0 Å². The highest BCUT2D eigenvalue weighted by Gasteiger charge is 2.30. The fourth-order valence-electron chi connectivity index (χ4n) is 0.368. The second-order valence-corrected chi connectivity index (χ2v) is 2.35. The van der Waals surface area contributed by atoms with Crippen LogP contribution in [0.5, 0.6) is 0 Å². The zero-order chi connectivity index (χ0) is 8.20. The van der Waals surface area contributed by atoms with Crippen molar-refractivity contribution >= 4 is 5.91 Å². The second kappa shape index (κ2) is 3.50. The van der Waals surface area contributed by atoms with Crippen LogP contribution >= 0.6 is 0 Å². The number of hydrogen-bond acceptors (Lipinski definition) is 4. The van der Waals surface area contributed by atoms with E-state index in [9.17, 15) is 4.79 Å². The van der Waals surface area contributed by atoms with Gasteiger partial charge in [0.2, 0.25) is 5.91 Å². The number of aliphatic hydroxyl groups is 2. The van der Waals surface area contributed by atoms with Crippen molar-refractivity contribution in [1.29, 1.82) is 0 Å². The number of hydrazine groups is 1. The first-order valence-electron chi connectivity index (χ1n) is 2.83. The van der Waals surface area contributed by atoms with Crippen molar-refractivity contribution in [2.45, 2.75) is 6.92 Å². The van der Waals surface area contributed by atoms with E-state index in [2.05, 4.69) is 0 Å². The monoisotopic (exact) mass is 148 g/mol. The average molecular weight is 148 g/mol.